The highest BCUT2D eigenvalue weighted by Crippen LogP contribution is 2.37. The molecule has 1 N–H and O–H groups in total. The summed E-state index contributed by atoms with van der Waals surface area (Å²) < 4.78 is 0. The Morgan fingerprint density at radius 3 is 2.70 bits per heavy atom. The summed E-state index contributed by atoms with van der Waals surface area (Å²) in [4.78, 5) is 17.8. The molecule has 3 rings (SSSR count). The predicted octanol–water partition coefficient (Wildman–Crippen LogP) is 1.81. The van der Waals surface area contributed by atoms with E-state index in [0.717, 1.165) is 12.8 Å². The van der Waals surface area contributed by atoms with Crippen LogP contribution < -0.4 is 5.32 Å². The van der Waals surface area contributed by atoms with Gasteiger partial charge in [-0.3, -0.25) is 15.0 Å². The summed E-state index contributed by atoms with van der Waals surface area (Å²) in [6.07, 6.45) is 4.79. The average molecular weight is 279 g/mol. The van der Waals surface area contributed by atoms with E-state index in [9.17, 15) is 4.79 Å². The van der Waals surface area contributed by atoms with Crippen molar-refractivity contribution >= 4 is 5.91 Å². The molecule has 3 aliphatic rings. The molecule has 4 atom stereocenters. The Kier molecular flexibility index (Phi) is 3.57. The monoisotopic (exact) mass is 279 g/mol. The predicted molar refractivity (Wildman–Crippen MR) is 80.3 cm³/mol. The molecule has 0 bridgehead atoms. The largest absolute Gasteiger partial charge is 0.321 e. The summed E-state index contributed by atoms with van der Waals surface area (Å²) in [6.45, 7) is 11.0. The van der Waals surface area contributed by atoms with E-state index in [1.807, 2.05) is 0 Å². The van der Waals surface area contributed by atoms with Gasteiger partial charge in [-0.25, -0.2) is 0 Å². The zero-order chi connectivity index (χ0) is 14.5. The molecule has 3 saturated heterocycles. The van der Waals surface area contributed by atoms with Crippen molar-refractivity contribution in [2.75, 3.05) is 13.1 Å². The summed E-state index contributed by atoms with van der Waals surface area (Å²) in [6, 6.07) is 1.04. The number of nitrogens with one attached hydrogen (secondary N) is 1. The maximum atomic E-state index is 13.0. The molecule has 4 heteroatoms. The van der Waals surface area contributed by atoms with Crippen LogP contribution in [0.5, 0.6) is 0 Å². The Labute approximate surface area is 122 Å². The number of carbonyl (C=O) groups excluding carboxylic acids is 1. The number of amides is 1. The van der Waals surface area contributed by atoms with Crippen molar-refractivity contribution in [3.63, 3.8) is 0 Å². The van der Waals surface area contributed by atoms with E-state index in [-0.39, 0.29) is 11.7 Å². The number of nitrogens with zero attached hydrogens (tertiary/aromatic N) is 2. The lowest BCUT2D eigenvalue weighted by Crippen LogP contribution is -2.51. The minimum absolute atomic E-state index is 0.206. The van der Waals surface area contributed by atoms with Crippen LogP contribution in [0, 0.1) is 5.92 Å². The van der Waals surface area contributed by atoms with E-state index in [1.54, 1.807) is 0 Å². The highest BCUT2D eigenvalue weighted by molar-refractivity contribution is 5.88. The van der Waals surface area contributed by atoms with Gasteiger partial charge in [-0.05, 0) is 45.1 Å². The third-order valence-corrected chi connectivity index (χ3v) is 5.74. The molecule has 0 aromatic heterocycles. The summed E-state index contributed by atoms with van der Waals surface area (Å²) in [5, 5.41) is 3.63. The topological polar surface area (TPSA) is 35.6 Å². The molecule has 0 aromatic rings. The van der Waals surface area contributed by atoms with Gasteiger partial charge in [-0.15, -0.1) is 0 Å². The Morgan fingerprint density at radius 2 is 2.05 bits per heavy atom. The van der Waals surface area contributed by atoms with Crippen LogP contribution in [0.3, 0.4) is 0 Å². The van der Waals surface area contributed by atoms with Crippen molar-refractivity contribution in [1.29, 1.82) is 0 Å². The third kappa shape index (κ3) is 2.00. The van der Waals surface area contributed by atoms with Gasteiger partial charge in [0.1, 0.15) is 0 Å². The average Bonchev–Trinajstić information content (AvgIpc) is 3.06. The van der Waals surface area contributed by atoms with Gasteiger partial charge in [0.2, 0.25) is 5.91 Å². The minimum atomic E-state index is -0.360. The molecule has 4 unspecified atom stereocenters. The van der Waals surface area contributed by atoms with Gasteiger partial charge >= 0.3 is 0 Å². The van der Waals surface area contributed by atoms with Crippen molar-refractivity contribution in [3.8, 4) is 0 Å². The molecule has 1 amide bonds. The molecule has 0 saturated carbocycles. The standard InChI is InChI=1S/C16H29N3O/c1-5-16(4)15(20)19(14(17-16)11(2)3)13-8-10-18-9-6-7-12(13)18/h11-14,17H,5-10H2,1-4H3. The highest BCUT2D eigenvalue weighted by Gasteiger charge is 2.53. The van der Waals surface area contributed by atoms with E-state index in [1.165, 1.54) is 25.9 Å². The lowest BCUT2D eigenvalue weighted by atomic mass is 9.97. The van der Waals surface area contributed by atoms with E-state index < -0.39 is 0 Å². The van der Waals surface area contributed by atoms with Crippen LogP contribution in [0.2, 0.25) is 0 Å². The molecule has 0 aliphatic carbocycles. The van der Waals surface area contributed by atoms with Crippen LogP contribution in [0.1, 0.15) is 53.4 Å². The van der Waals surface area contributed by atoms with Gasteiger partial charge in [-0.1, -0.05) is 20.8 Å². The van der Waals surface area contributed by atoms with Crippen LogP contribution in [-0.2, 0) is 4.79 Å². The van der Waals surface area contributed by atoms with E-state index in [0.29, 0.717) is 23.9 Å². The lowest BCUT2D eigenvalue weighted by molar-refractivity contribution is -0.136. The summed E-state index contributed by atoms with van der Waals surface area (Å²) in [7, 11) is 0. The summed E-state index contributed by atoms with van der Waals surface area (Å²) in [5.41, 5.74) is -0.360. The number of fused-ring (bicyclic) bond motifs is 1. The second-order valence-electron chi connectivity index (χ2n) is 7.33. The van der Waals surface area contributed by atoms with E-state index in [2.05, 4.69) is 42.8 Å². The number of hydrogen-bond donors (Lipinski definition) is 1. The zero-order valence-corrected chi connectivity index (χ0v) is 13.4. The second kappa shape index (κ2) is 4.99. The SMILES string of the molecule is CCC1(C)NC(C(C)C)N(C2CCN3CCCC23)C1=O. The molecular formula is C16H29N3O. The fraction of sp³-hybridized carbons (Fsp3) is 0.938. The first-order valence-corrected chi connectivity index (χ1v) is 8.32. The third-order valence-electron chi connectivity index (χ3n) is 5.74. The van der Waals surface area contributed by atoms with E-state index >= 15 is 0 Å². The Balaban J connectivity index is 1.87. The fourth-order valence-corrected chi connectivity index (χ4v) is 4.35. The quantitative estimate of drug-likeness (QED) is 0.856. The Morgan fingerprint density at radius 1 is 1.30 bits per heavy atom. The highest BCUT2D eigenvalue weighted by atomic mass is 16.2. The van der Waals surface area contributed by atoms with Gasteiger partial charge in [-0.2, -0.15) is 0 Å². The van der Waals surface area contributed by atoms with Gasteiger partial charge in [0, 0.05) is 12.6 Å². The van der Waals surface area contributed by atoms with Crippen molar-refractivity contribution in [2.45, 2.75) is 77.2 Å². The normalized spacial score (nSPS) is 42.0. The minimum Gasteiger partial charge on any atom is -0.321 e. The first-order chi connectivity index (χ1) is 9.48. The van der Waals surface area contributed by atoms with Crippen LogP contribution in [0.4, 0.5) is 0 Å². The van der Waals surface area contributed by atoms with Gasteiger partial charge in [0.15, 0.2) is 0 Å². The zero-order valence-electron chi connectivity index (χ0n) is 13.4. The molecule has 3 aliphatic heterocycles. The van der Waals surface area contributed by atoms with Crippen LogP contribution >= 0.6 is 0 Å². The van der Waals surface area contributed by atoms with Crippen molar-refractivity contribution in [2.24, 2.45) is 5.92 Å². The molecule has 0 aromatic carbocycles. The van der Waals surface area contributed by atoms with E-state index in [4.69, 9.17) is 0 Å². The molecule has 4 nitrogen and oxygen atoms in total. The molecule has 3 fully saturated rings. The number of hydrogen-bond acceptors (Lipinski definition) is 3. The molecule has 0 spiro atoms. The van der Waals surface area contributed by atoms with Gasteiger partial charge < -0.3 is 4.90 Å². The van der Waals surface area contributed by atoms with Gasteiger partial charge in [0.05, 0.1) is 17.7 Å². The van der Waals surface area contributed by atoms with Crippen LogP contribution in [0.25, 0.3) is 0 Å². The molecule has 0 radical (unpaired) electrons. The van der Waals surface area contributed by atoms with Crippen molar-refractivity contribution in [3.05, 3.63) is 0 Å². The number of rotatable bonds is 3. The maximum Gasteiger partial charge on any atom is 0.244 e. The fourth-order valence-electron chi connectivity index (χ4n) is 4.35. The Bertz CT molecular complexity index is 397. The molecule has 20 heavy (non-hydrogen) atoms. The summed E-state index contributed by atoms with van der Waals surface area (Å²) in [5.74, 6) is 0.792. The van der Waals surface area contributed by atoms with Gasteiger partial charge in [0.25, 0.3) is 0 Å². The van der Waals surface area contributed by atoms with Crippen molar-refractivity contribution < 1.29 is 4.79 Å². The lowest BCUT2D eigenvalue weighted by Gasteiger charge is -2.35. The van der Waals surface area contributed by atoms with Crippen LogP contribution in [-0.4, -0.2) is 52.6 Å². The number of carbonyl (C=O) groups is 1. The van der Waals surface area contributed by atoms with Crippen LogP contribution in [0.15, 0.2) is 0 Å². The second-order valence-corrected chi connectivity index (χ2v) is 7.33. The first kappa shape index (κ1) is 14.3. The first-order valence-electron chi connectivity index (χ1n) is 8.32. The molecule has 3 heterocycles. The summed E-state index contributed by atoms with van der Waals surface area (Å²) >= 11 is 0. The smallest absolute Gasteiger partial charge is 0.244 e. The Hall–Kier alpha value is -0.610. The molecule has 114 valence electrons. The van der Waals surface area contributed by atoms with Crippen molar-refractivity contribution in [1.82, 2.24) is 15.1 Å². The maximum absolute atomic E-state index is 13.0. The molecular weight excluding hydrogens is 250 g/mol.